The van der Waals surface area contributed by atoms with Crippen LogP contribution in [0, 0.1) is 0 Å². The van der Waals surface area contributed by atoms with E-state index in [9.17, 15) is 0 Å². The molecule has 0 bridgehead atoms. The second-order valence-corrected chi connectivity index (χ2v) is 4.37. The Hall–Kier alpha value is -0.890. The zero-order chi connectivity index (χ0) is 9.47. The third-order valence-corrected chi connectivity index (χ3v) is 2.24. The minimum absolute atomic E-state index is 0.0162. The molecule has 3 heteroatoms. The molecule has 0 aromatic heterocycles. The topological polar surface area (TPSA) is 21.3 Å². The number of hydrogen-bond acceptors (Lipinski definition) is 2. The highest BCUT2D eigenvalue weighted by molar-refractivity contribution is 6.30. The van der Waals surface area contributed by atoms with Crippen molar-refractivity contribution >= 4 is 17.3 Å². The molecule has 2 rings (SSSR count). The van der Waals surface area contributed by atoms with Gasteiger partial charge in [0.05, 0.1) is 11.2 Å². The van der Waals surface area contributed by atoms with Crippen molar-refractivity contribution in [1.82, 2.24) is 0 Å². The first-order chi connectivity index (χ1) is 6.07. The van der Waals surface area contributed by atoms with Crippen LogP contribution in [0.2, 0.25) is 5.02 Å². The maximum absolute atomic E-state index is 5.87. The van der Waals surface area contributed by atoms with Gasteiger partial charge in [-0.05, 0) is 32.0 Å². The molecular weight excluding hydrogens is 186 g/mol. The summed E-state index contributed by atoms with van der Waals surface area (Å²) in [6.45, 7) is 4.87. The standard InChI is InChI=1S/C10H12ClNO/c1-10(2)6-13-9-4-3-7(11)5-8(9)12-10/h3-5,12H,6H2,1-2H3. The molecule has 0 spiro atoms. The molecule has 0 fully saturated rings. The van der Waals surface area contributed by atoms with Crippen LogP contribution in [0.3, 0.4) is 0 Å². The van der Waals surface area contributed by atoms with Crippen molar-refractivity contribution < 1.29 is 4.74 Å². The minimum atomic E-state index is -0.0162. The molecule has 0 amide bonds. The van der Waals surface area contributed by atoms with E-state index in [4.69, 9.17) is 16.3 Å². The van der Waals surface area contributed by atoms with E-state index in [1.165, 1.54) is 0 Å². The van der Waals surface area contributed by atoms with Crippen LogP contribution < -0.4 is 10.1 Å². The fraction of sp³-hybridized carbons (Fsp3) is 0.400. The smallest absolute Gasteiger partial charge is 0.142 e. The summed E-state index contributed by atoms with van der Waals surface area (Å²) in [6, 6.07) is 5.61. The van der Waals surface area contributed by atoms with Gasteiger partial charge in [0.15, 0.2) is 0 Å². The molecule has 0 saturated carbocycles. The van der Waals surface area contributed by atoms with Crippen LogP contribution in [0.5, 0.6) is 5.75 Å². The third kappa shape index (κ3) is 1.73. The van der Waals surface area contributed by atoms with Crippen LogP contribution in [0.25, 0.3) is 0 Å². The zero-order valence-corrected chi connectivity index (χ0v) is 8.48. The normalized spacial score (nSPS) is 18.4. The van der Waals surface area contributed by atoms with Gasteiger partial charge in [-0.25, -0.2) is 0 Å². The first-order valence-electron chi connectivity index (χ1n) is 4.27. The lowest BCUT2D eigenvalue weighted by molar-refractivity contribution is 0.242. The average Bonchev–Trinajstić information content (AvgIpc) is 2.01. The van der Waals surface area contributed by atoms with Gasteiger partial charge in [-0.1, -0.05) is 11.6 Å². The lowest BCUT2D eigenvalue weighted by atomic mass is 10.0. The molecule has 1 heterocycles. The summed E-state index contributed by atoms with van der Waals surface area (Å²) in [5, 5.41) is 4.10. The van der Waals surface area contributed by atoms with Gasteiger partial charge in [0.25, 0.3) is 0 Å². The molecule has 0 unspecified atom stereocenters. The summed E-state index contributed by atoms with van der Waals surface area (Å²) in [6.07, 6.45) is 0. The van der Waals surface area contributed by atoms with Gasteiger partial charge in [-0.3, -0.25) is 0 Å². The number of nitrogens with one attached hydrogen (secondary N) is 1. The zero-order valence-electron chi connectivity index (χ0n) is 7.73. The number of hydrogen-bond donors (Lipinski definition) is 1. The van der Waals surface area contributed by atoms with Crippen molar-refractivity contribution in [3.63, 3.8) is 0 Å². The van der Waals surface area contributed by atoms with E-state index in [0.29, 0.717) is 6.61 Å². The largest absolute Gasteiger partial charge is 0.489 e. The fourth-order valence-electron chi connectivity index (χ4n) is 1.38. The number of rotatable bonds is 0. The third-order valence-electron chi connectivity index (χ3n) is 2.00. The molecule has 1 aliphatic rings. The van der Waals surface area contributed by atoms with Crippen LogP contribution in [0.4, 0.5) is 5.69 Å². The van der Waals surface area contributed by atoms with Crippen LogP contribution >= 0.6 is 11.6 Å². The quantitative estimate of drug-likeness (QED) is 0.691. The van der Waals surface area contributed by atoms with Gasteiger partial charge >= 0.3 is 0 Å². The second kappa shape index (κ2) is 2.81. The van der Waals surface area contributed by atoms with Crippen molar-refractivity contribution in [2.24, 2.45) is 0 Å². The highest BCUT2D eigenvalue weighted by Gasteiger charge is 2.25. The Morgan fingerprint density at radius 2 is 2.23 bits per heavy atom. The lowest BCUT2D eigenvalue weighted by Gasteiger charge is -2.33. The van der Waals surface area contributed by atoms with Gasteiger partial charge < -0.3 is 10.1 Å². The minimum Gasteiger partial charge on any atom is -0.489 e. The highest BCUT2D eigenvalue weighted by atomic mass is 35.5. The van der Waals surface area contributed by atoms with E-state index >= 15 is 0 Å². The Balaban J connectivity index is 2.38. The monoisotopic (exact) mass is 197 g/mol. The Morgan fingerprint density at radius 3 is 3.00 bits per heavy atom. The van der Waals surface area contributed by atoms with Crippen molar-refractivity contribution in [3.05, 3.63) is 23.2 Å². The Morgan fingerprint density at radius 1 is 1.46 bits per heavy atom. The SMILES string of the molecule is CC1(C)COc2ccc(Cl)cc2N1. The molecule has 1 aromatic rings. The summed E-state index contributed by atoms with van der Waals surface area (Å²) in [4.78, 5) is 0. The summed E-state index contributed by atoms with van der Waals surface area (Å²) in [5.74, 6) is 0.878. The van der Waals surface area contributed by atoms with E-state index < -0.39 is 0 Å². The molecule has 2 nitrogen and oxygen atoms in total. The van der Waals surface area contributed by atoms with Crippen molar-refractivity contribution in [3.8, 4) is 5.75 Å². The summed E-state index contributed by atoms with van der Waals surface area (Å²) >= 11 is 5.87. The predicted molar refractivity (Wildman–Crippen MR) is 54.6 cm³/mol. The number of halogens is 1. The average molecular weight is 198 g/mol. The molecule has 1 aliphatic heterocycles. The molecule has 1 aromatic carbocycles. The van der Waals surface area contributed by atoms with Gasteiger partial charge in [0.1, 0.15) is 12.4 Å². The van der Waals surface area contributed by atoms with E-state index in [-0.39, 0.29) is 5.54 Å². The van der Waals surface area contributed by atoms with E-state index in [2.05, 4.69) is 19.2 Å². The van der Waals surface area contributed by atoms with Crippen LogP contribution in [-0.2, 0) is 0 Å². The number of benzene rings is 1. The summed E-state index contributed by atoms with van der Waals surface area (Å²) in [5.41, 5.74) is 0.960. The number of ether oxygens (including phenoxy) is 1. The molecule has 70 valence electrons. The summed E-state index contributed by atoms with van der Waals surface area (Å²) < 4.78 is 5.57. The molecular formula is C10H12ClNO. The first kappa shape index (κ1) is 8.70. The molecule has 0 saturated heterocycles. The number of anilines is 1. The first-order valence-corrected chi connectivity index (χ1v) is 4.65. The van der Waals surface area contributed by atoms with E-state index in [0.717, 1.165) is 16.5 Å². The number of fused-ring (bicyclic) bond motifs is 1. The van der Waals surface area contributed by atoms with Gasteiger partial charge in [0.2, 0.25) is 0 Å². The van der Waals surface area contributed by atoms with Crippen LogP contribution in [-0.4, -0.2) is 12.1 Å². The Kier molecular flexibility index (Phi) is 1.88. The van der Waals surface area contributed by atoms with Crippen molar-refractivity contribution in [2.45, 2.75) is 19.4 Å². The van der Waals surface area contributed by atoms with E-state index in [1.807, 2.05) is 18.2 Å². The lowest BCUT2D eigenvalue weighted by Crippen LogP contribution is -2.40. The van der Waals surface area contributed by atoms with Gasteiger partial charge in [-0.2, -0.15) is 0 Å². The fourth-order valence-corrected chi connectivity index (χ4v) is 1.56. The molecule has 0 atom stereocenters. The van der Waals surface area contributed by atoms with Gasteiger partial charge in [0, 0.05) is 5.02 Å². The van der Waals surface area contributed by atoms with Crippen molar-refractivity contribution in [1.29, 1.82) is 0 Å². The van der Waals surface area contributed by atoms with Crippen LogP contribution in [0.1, 0.15) is 13.8 Å². The maximum atomic E-state index is 5.87. The predicted octanol–water partition coefficient (Wildman–Crippen LogP) is 2.92. The molecule has 0 aliphatic carbocycles. The Labute approximate surface area is 82.9 Å². The Bertz CT molecular complexity index is 336. The summed E-state index contributed by atoms with van der Waals surface area (Å²) in [7, 11) is 0. The highest BCUT2D eigenvalue weighted by Crippen LogP contribution is 2.34. The molecule has 1 N–H and O–H groups in total. The van der Waals surface area contributed by atoms with Crippen LogP contribution in [0.15, 0.2) is 18.2 Å². The van der Waals surface area contributed by atoms with E-state index in [1.54, 1.807) is 0 Å². The molecule has 13 heavy (non-hydrogen) atoms. The van der Waals surface area contributed by atoms with Crippen molar-refractivity contribution in [2.75, 3.05) is 11.9 Å². The maximum Gasteiger partial charge on any atom is 0.142 e. The van der Waals surface area contributed by atoms with Gasteiger partial charge in [-0.15, -0.1) is 0 Å². The molecule has 0 radical (unpaired) electrons. The second-order valence-electron chi connectivity index (χ2n) is 3.94.